The molecule has 0 aliphatic rings. The Labute approximate surface area is 121 Å². The average Bonchev–Trinajstić information content (AvgIpc) is 2.03. The smallest absolute Gasteiger partial charge is 1.00 e. The van der Waals surface area contributed by atoms with E-state index in [1.807, 2.05) is 0 Å². The summed E-state index contributed by atoms with van der Waals surface area (Å²) in [6.45, 7) is 1.08. The number of aliphatic carboxylic acids is 1. The van der Waals surface area contributed by atoms with E-state index < -0.39 is 11.9 Å². The van der Waals surface area contributed by atoms with Gasteiger partial charge in [-0.2, -0.15) is 0 Å². The Balaban J connectivity index is -0.000000249. The molecule has 0 amide bonds. The van der Waals surface area contributed by atoms with Crippen LogP contribution in [0.1, 0.15) is 17.3 Å². The van der Waals surface area contributed by atoms with E-state index in [4.69, 9.17) is 20.1 Å². The van der Waals surface area contributed by atoms with Gasteiger partial charge in [-0.15, -0.1) is 0 Å². The summed E-state index contributed by atoms with van der Waals surface area (Å²) in [7, 11) is 0. The molecule has 0 aliphatic heterocycles. The number of hydrogen-bond acceptors (Lipinski definition) is 3. The van der Waals surface area contributed by atoms with Gasteiger partial charge in [-0.1, -0.05) is 12.1 Å². The zero-order chi connectivity index (χ0) is 11.1. The van der Waals surface area contributed by atoms with Gasteiger partial charge in [0, 0.05) is 6.92 Å². The van der Waals surface area contributed by atoms with E-state index in [-0.39, 0.29) is 53.3 Å². The molecule has 16 heavy (non-hydrogen) atoms. The maximum Gasteiger partial charge on any atom is 1.00 e. The van der Waals surface area contributed by atoms with E-state index >= 15 is 0 Å². The summed E-state index contributed by atoms with van der Waals surface area (Å²) in [6.07, 6.45) is 0. The van der Waals surface area contributed by atoms with Gasteiger partial charge in [0.15, 0.2) is 0 Å². The topological polar surface area (TPSA) is 94.8 Å². The number of rotatable bonds is 1. The summed E-state index contributed by atoms with van der Waals surface area (Å²) in [6, 6.07) is 5.81. The summed E-state index contributed by atoms with van der Waals surface area (Å²) in [5, 5.41) is 24.7. The number of carboxylic acid groups (broad SMARTS) is 2. The van der Waals surface area contributed by atoms with Crippen LogP contribution >= 0.6 is 0 Å². The van der Waals surface area contributed by atoms with Gasteiger partial charge >= 0.3 is 35.5 Å². The van der Waals surface area contributed by atoms with Gasteiger partial charge in [0.05, 0.1) is 0 Å². The fourth-order valence-corrected chi connectivity index (χ4v) is 0.654. The molecule has 7 heteroatoms. The molecule has 0 aliphatic carbocycles. The number of para-hydroxylation sites is 1. The molecule has 0 spiro atoms. The summed E-state index contributed by atoms with van der Waals surface area (Å²) in [5.41, 5.74) is -0.0671. The Hall–Kier alpha value is -0.750. The Morgan fingerprint density at radius 3 is 1.75 bits per heavy atom. The van der Waals surface area contributed by atoms with Gasteiger partial charge in [-0.25, -0.2) is 4.79 Å². The number of hydrogen-bond donors (Lipinski definition) is 3. The Morgan fingerprint density at radius 2 is 1.50 bits per heavy atom. The number of benzene rings is 1. The third-order valence-electron chi connectivity index (χ3n) is 1.13. The molecule has 84 valence electrons. The molecule has 0 saturated carbocycles. The SMILES string of the molecule is CC(=O)O.O=C(O)c1ccccc1O.[Cl-].[Na+]. The van der Waals surface area contributed by atoms with Crippen molar-refractivity contribution in [1.29, 1.82) is 0 Å². The maximum absolute atomic E-state index is 10.3. The minimum atomic E-state index is -1.11. The van der Waals surface area contributed by atoms with Gasteiger partial charge in [0.1, 0.15) is 11.3 Å². The molecular weight excluding hydrogens is 247 g/mol. The van der Waals surface area contributed by atoms with Crippen molar-refractivity contribution < 1.29 is 66.9 Å². The molecule has 5 nitrogen and oxygen atoms in total. The van der Waals surface area contributed by atoms with Crippen LogP contribution in [0.15, 0.2) is 24.3 Å². The molecule has 1 rings (SSSR count). The van der Waals surface area contributed by atoms with Crippen molar-refractivity contribution in [2.75, 3.05) is 0 Å². The van der Waals surface area contributed by atoms with Gasteiger partial charge in [0.25, 0.3) is 5.97 Å². The van der Waals surface area contributed by atoms with Gasteiger partial charge in [-0.05, 0) is 12.1 Å². The fourth-order valence-electron chi connectivity index (χ4n) is 0.654. The largest absolute Gasteiger partial charge is 1.00 e. The number of aromatic hydroxyl groups is 1. The second-order valence-corrected chi connectivity index (χ2v) is 2.34. The van der Waals surface area contributed by atoms with Crippen LogP contribution in [0, 0.1) is 0 Å². The van der Waals surface area contributed by atoms with Gasteiger partial charge < -0.3 is 27.7 Å². The van der Waals surface area contributed by atoms with E-state index in [2.05, 4.69) is 0 Å². The summed E-state index contributed by atoms with van der Waals surface area (Å²) in [4.78, 5) is 19.3. The van der Waals surface area contributed by atoms with Crippen LogP contribution in [0.3, 0.4) is 0 Å². The quantitative estimate of drug-likeness (QED) is 0.439. The van der Waals surface area contributed by atoms with Crippen molar-refractivity contribution in [1.82, 2.24) is 0 Å². The molecule has 0 saturated heterocycles. The first-order chi connectivity index (χ1) is 6.45. The molecule has 0 bridgehead atoms. The van der Waals surface area contributed by atoms with Crippen LogP contribution in [0.2, 0.25) is 0 Å². The van der Waals surface area contributed by atoms with Crippen molar-refractivity contribution in [3.63, 3.8) is 0 Å². The number of halogens is 1. The maximum atomic E-state index is 10.3. The molecule has 3 N–H and O–H groups in total. The minimum Gasteiger partial charge on any atom is -1.00 e. The fraction of sp³-hybridized carbons (Fsp3) is 0.111. The van der Waals surface area contributed by atoms with Crippen LogP contribution in [0.25, 0.3) is 0 Å². The molecule has 0 heterocycles. The van der Waals surface area contributed by atoms with Gasteiger partial charge in [0.2, 0.25) is 0 Å². The third-order valence-corrected chi connectivity index (χ3v) is 1.13. The van der Waals surface area contributed by atoms with E-state index in [0.29, 0.717) is 0 Å². The first-order valence-corrected chi connectivity index (χ1v) is 3.66. The second kappa shape index (κ2) is 10.8. The van der Waals surface area contributed by atoms with Crippen LogP contribution < -0.4 is 42.0 Å². The zero-order valence-corrected chi connectivity index (χ0v) is 11.6. The molecular formula is C9H10ClNaO5. The Kier molecular flexibility index (Phi) is 13.9. The van der Waals surface area contributed by atoms with Crippen molar-refractivity contribution in [3.8, 4) is 5.75 Å². The normalized spacial score (nSPS) is 7.31. The van der Waals surface area contributed by atoms with Crippen molar-refractivity contribution in [2.24, 2.45) is 0 Å². The van der Waals surface area contributed by atoms with E-state index in [9.17, 15) is 4.79 Å². The van der Waals surface area contributed by atoms with Gasteiger partial charge in [-0.3, -0.25) is 4.79 Å². The third kappa shape index (κ3) is 9.79. The van der Waals surface area contributed by atoms with Crippen molar-refractivity contribution >= 4 is 11.9 Å². The van der Waals surface area contributed by atoms with Crippen molar-refractivity contribution in [3.05, 3.63) is 29.8 Å². The molecule has 0 unspecified atom stereocenters. The van der Waals surface area contributed by atoms with Crippen LogP contribution in [0.4, 0.5) is 0 Å². The first-order valence-electron chi connectivity index (χ1n) is 3.66. The first kappa shape index (κ1) is 20.6. The Bertz CT molecular complexity index is 338. The van der Waals surface area contributed by atoms with E-state index in [1.165, 1.54) is 12.1 Å². The zero-order valence-electron chi connectivity index (χ0n) is 8.85. The molecule has 0 fully saturated rings. The summed E-state index contributed by atoms with van der Waals surface area (Å²) < 4.78 is 0. The number of carboxylic acids is 2. The molecule has 0 radical (unpaired) electrons. The second-order valence-electron chi connectivity index (χ2n) is 2.34. The predicted molar refractivity (Wildman–Crippen MR) is 48.4 cm³/mol. The summed E-state index contributed by atoms with van der Waals surface area (Å²) >= 11 is 0. The average molecular weight is 257 g/mol. The predicted octanol–water partition coefficient (Wildman–Crippen LogP) is -4.81. The van der Waals surface area contributed by atoms with Crippen LogP contribution in [-0.4, -0.2) is 27.3 Å². The molecule has 1 aromatic rings. The monoisotopic (exact) mass is 256 g/mol. The van der Waals surface area contributed by atoms with Crippen molar-refractivity contribution in [2.45, 2.75) is 6.92 Å². The Morgan fingerprint density at radius 1 is 1.12 bits per heavy atom. The van der Waals surface area contributed by atoms with E-state index in [1.54, 1.807) is 12.1 Å². The van der Waals surface area contributed by atoms with Crippen LogP contribution in [-0.2, 0) is 4.79 Å². The van der Waals surface area contributed by atoms with Crippen LogP contribution in [0.5, 0.6) is 5.75 Å². The number of phenols is 1. The molecule has 0 atom stereocenters. The standard InChI is InChI=1S/C7H6O3.C2H4O2.ClH.Na/c8-6-4-2-1-3-5(6)7(9)10;1-2(3)4;;/h1-4,8H,(H,9,10);1H3,(H,3,4);1H;/q;;;+1/p-1. The summed E-state index contributed by atoms with van der Waals surface area (Å²) in [5.74, 6) is -2.15. The number of carbonyl (C=O) groups is 2. The molecule has 0 aromatic heterocycles. The number of aromatic carboxylic acids is 1. The molecule has 1 aromatic carbocycles. The minimum absolute atomic E-state index is 0. The van der Waals surface area contributed by atoms with E-state index in [0.717, 1.165) is 6.92 Å².